The fourth-order valence-corrected chi connectivity index (χ4v) is 2.54. The number of halogens is 1. The number of carbonyl (C=O) groups excluding carboxylic acids is 1. The van der Waals surface area contributed by atoms with Gasteiger partial charge in [-0.3, -0.25) is 4.79 Å². The first kappa shape index (κ1) is 16.0. The van der Waals surface area contributed by atoms with Crippen LogP contribution in [0.25, 0.3) is 10.9 Å². The Balaban J connectivity index is 1.76. The van der Waals surface area contributed by atoms with E-state index in [1.165, 1.54) is 12.3 Å². The Bertz CT molecular complexity index is 860. The second-order valence-corrected chi connectivity index (χ2v) is 5.23. The number of amides is 1. The first-order valence-electron chi connectivity index (χ1n) is 7.56. The molecule has 3 rings (SSSR count). The molecule has 0 aliphatic heterocycles. The summed E-state index contributed by atoms with van der Waals surface area (Å²) in [5.41, 5.74) is 1.61. The Morgan fingerprint density at radius 1 is 1.21 bits per heavy atom. The molecular weight excluding hydrogens is 311 g/mol. The van der Waals surface area contributed by atoms with Gasteiger partial charge < -0.3 is 20.1 Å². The van der Waals surface area contributed by atoms with Gasteiger partial charge in [0.1, 0.15) is 18.2 Å². The van der Waals surface area contributed by atoms with E-state index >= 15 is 0 Å². The zero-order chi connectivity index (χ0) is 16.9. The molecule has 2 aromatic carbocycles. The van der Waals surface area contributed by atoms with Crippen molar-refractivity contribution in [1.29, 1.82) is 0 Å². The van der Waals surface area contributed by atoms with E-state index in [2.05, 4.69) is 10.3 Å². The molecule has 0 unspecified atom stereocenters. The molecule has 5 nitrogen and oxygen atoms in total. The zero-order valence-corrected chi connectivity index (χ0v) is 12.9. The summed E-state index contributed by atoms with van der Waals surface area (Å²) in [7, 11) is 0. The van der Waals surface area contributed by atoms with Crippen LogP contribution in [0.3, 0.4) is 0 Å². The molecule has 0 aliphatic rings. The molecule has 6 heteroatoms. The molecule has 0 fully saturated rings. The van der Waals surface area contributed by atoms with E-state index in [1.54, 1.807) is 18.2 Å². The van der Waals surface area contributed by atoms with Crippen molar-refractivity contribution in [2.45, 2.75) is 6.54 Å². The number of fused-ring (bicyclic) bond motifs is 1. The summed E-state index contributed by atoms with van der Waals surface area (Å²) in [5.74, 6) is -0.217. The van der Waals surface area contributed by atoms with Crippen LogP contribution >= 0.6 is 0 Å². The molecule has 24 heavy (non-hydrogen) atoms. The van der Waals surface area contributed by atoms with Crippen molar-refractivity contribution in [2.75, 3.05) is 13.2 Å². The first-order chi connectivity index (χ1) is 11.7. The number of nitrogens with one attached hydrogen (secondary N) is 2. The predicted octanol–water partition coefficient (Wildman–Crippen LogP) is 2.61. The molecule has 3 aromatic rings. The second kappa shape index (κ2) is 7.14. The highest BCUT2D eigenvalue weighted by Gasteiger charge is 2.15. The van der Waals surface area contributed by atoms with Crippen LogP contribution in [0.1, 0.15) is 15.9 Å². The maximum atomic E-state index is 14.0. The van der Waals surface area contributed by atoms with E-state index in [-0.39, 0.29) is 36.6 Å². The number of ether oxygens (including phenoxy) is 1. The van der Waals surface area contributed by atoms with E-state index in [1.807, 2.05) is 18.2 Å². The lowest BCUT2D eigenvalue weighted by molar-refractivity contribution is 0.0952. The third-order valence-electron chi connectivity index (χ3n) is 3.66. The Morgan fingerprint density at radius 2 is 2.04 bits per heavy atom. The molecule has 0 radical (unpaired) electrons. The minimum Gasteiger partial charge on any atom is -0.491 e. The van der Waals surface area contributed by atoms with Crippen LogP contribution in [0.15, 0.2) is 48.7 Å². The van der Waals surface area contributed by atoms with Crippen LogP contribution in [0.4, 0.5) is 4.39 Å². The lowest BCUT2D eigenvalue weighted by Crippen LogP contribution is -2.23. The fourth-order valence-electron chi connectivity index (χ4n) is 2.54. The fraction of sp³-hybridized carbons (Fsp3) is 0.167. The van der Waals surface area contributed by atoms with Gasteiger partial charge in [0.05, 0.1) is 12.2 Å². The molecule has 0 saturated carbocycles. The molecule has 1 heterocycles. The lowest BCUT2D eigenvalue weighted by Gasteiger charge is -2.11. The highest BCUT2D eigenvalue weighted by atomic mass is 19.1. The zero-order valence-electron chi connectivity index (χ0n) is 12.9. The molecule has 0 aliphatic carbocycles. The van der Waals surface area contributed by atoms with Crippen molar-refractivity contribution >= 4 is 16.8 Å². The number of aromatic nitrogens is 1. The average molecular weight is 328 g/mol. The Kier molecular flexibility index (Phi) is 4.77. The number of para-hydroxylation sites is 1. The number of aromatic amines is 1. The van der Waals surface area contributed by atoms with Crippen LogP contribution in [-0.4, -0.2) is 29.2 Å². The summed E-state index contributed by atoms with van der Waals surface area (Å²) in [6, 6.07) is 11.9. The summed E-state index contributed by atoms with van der Waals surface area (Å²) < 4.78 is 19.4. The number of hydrogen-bond acceptors (Lipinski definition) is 3. The summed E-state index contributed by atoms with van der Waals surface area (Å²) in [6.07, 6.45) is 1.50. The third kappa shape index (κ3) is 3.23. The van der Waals surface area contributed by atoms with Gasteiger partial charge in [0.2, 0.25) is 0 Å². The van der Waals surface area contributed by atoms with E-state index in [4.69, 9.17) is 9.84 Å². The molecular formula is C18H17FN2O3. The van der Waals surface area contributed by atoms with Crippen LogP contribution in [0.5, 0.6) is 5.75 Å². The molecule has 1 aromatic heterocycles. The van der Waals surface area contributed by atoms with Crippen LogP contribution in [-0.2, 0) is 6.54 Å². The van der Waals surface area contributed by atoms with E-state index in [0.717, 1.165) is 5.56 Å². The van der Waals surface area contributed by atoms with Gasteiger partial charge in [0.15, 0.2) is 0 Å². The summed E-state index contributed by atoms with van der Waals surface area (Å²) in [6.45, 7) is 0.329. The van der Waals surface area contributed by atoms with E-state index in [0.29, 0.717) is 11.3 Å². The maximum absolute atomic E-state index is 14.0. The SMILES string of the molecule is O=C(NCc1ccccc1OCCO)c1c[nH]c2cccc(F)c12. The van der Waals surface area contributed by atoms with Gasteiger partial charge in [-0.2, -0.15) is 0 Å². The number of benzene rings is 2. The van der Waals surface area contributed by atoms with Crippen molar-refractivity contribution in [1.82, 2.24) is 10.3 Å². The number of aliphatic hydroxyl groups excluding tert-OH is 1. The molecule has 0 atom stereocenters. The van der Waals surface area contributed by atoms with Crippen molar-refractivity contribution < 1.29 is 19.0 Å². The van der Waals surface area contributed by atoms with Crippen LogP contribution in [0, 0.1) is 5.82 Å². The molecule has 124 valence electrons. The van der Waals surface area contributed by atoms with Gasteiger partial charge in [-0.1, -0.05) is 24.3 Å². The minimum atomic E-state index is -0.439. The quantitative estimate of drug-likeness (QED) is 0.651. The van der Waals surface area contributed by atoms with Gasteiger partial charge >= 0.3 is 0 Å². The van der Waals surface area contributed by atoms with Crippen molar-refractivity contribution in [2.24, 2.45) is 0 Å². The van der Waals surface area contributed by atoms with Crippen LogP contribution in [0.2, 0.25) is 0 Å². The van der Waals surface area contributed by atoms with Crippen molar-refractivity contribution in [3.8, 4) is 5.75 Å². The number of carbonyl (C=O) groups is 1. The molecule has 0 saturated heterocycles. The number of hydrogen-bond donors (Lipinski definition) is 3. The van der Waals surface area contributed by atoms with E-state index in [9.17, 15) is 9.18 Å². The third-order valence-corrected chi connectivity index (χ3v) is 3.66. The average Bonchev–Trinajstić information content (AvgIpc) is 3.04. The molecule has 0 bridgehead atoms. The highest BCUT2D eigenvalue weighted by molar-refractivity contribution is 6.06. The number of aliphatic hydroxyl groups is 1. The van der Waals surface area contributed by atoms with Crippen molar-refractivity contribution in [3.05, 3.63) is 65.6 Å². The highest BCUT2D eigenvalue weighted by Crippen LogP contribution is 2.22. The largest absolute Gasteiger partial charge is 0.491 e. The summed E-state index contributed by atoms with van der Waals surface area (Å²) >= 11 is 0. The standard InChI is InChI=1S/C18H17FN2O3/c19-14-5-3-6-15-17(14)13(11-20-15)18(23)21-10-12-4-1-2-7-16(12)24-9-8-22/h1-7,11,20,22H,8-10H2,(H,21,23). The smallest absolute Gasteiger partial charge is 0.253 e. The number of H-pyrrole nitrogens is 1. The maximum Gasteiger partial charge on any atom is 0.253 e. The number of rotatable bonds is 6. The molecule has 0 spiro atoms. The van der Waals surface area contributed by atoms with Gasteiger partial charge in [0.25, 0.3) is 5.91 Å². The van der Waals surface area contributed by atoms with Gasteiger partial charge in [-0.05, 0) is 18.2 Å². The monoisotopic (exact) mass is 328 g/mol. The lowest BCUT2D eigenvalue weighted by atomic mass is 10.1. The van der Waals surface area contributed by atoms with Gasteiger partial charge in [0, 0.05) is 29.2 Å². The Morgan fingerprint density at radius 3 is 2.88 bits per heavy atom. The van der Waals surface area contributed by atoms with Gasteiger partial charge in [-0.25, -0.2) is 4.39 Å². The van der Waals surface area contributed by atoms with Crippen molar-refractivity contribution in [3.63, 3.8) is 0 Å². The molecule has 3 N–H and O–H groups in total. The topological polar surface area (TPSA) is 74.3 Å². The summed E-state index contributed by atoms with van der Waals surface area (Å²) in [4.78, 5) is 15.3. The summed E-state index contributed by atoms with van der Waals surface area (Å²) in [5, 5.41) is 11.9. The minimum absolute atomic E-state index is 0.0880. The Hall–Kier alpha value is -2.86. The van der Waals surface area contributed by atoms with Crippen LogP contribution < -0.4 is 10.1 Å². The predicted molar refractivity (Wildman–Crippen MR) is 88.4 cm³/mol. The first-order valence-corrected chi connectivity index (χ1v) is 7.56. The normalized spacial score (nSPS) is 10.8. The molecule has 1 amide bonds. The second-order valence-electron chi connectivity index (χ2n) is 5.23. The van der Waals surface area contributed by atoms with Gasteiger partial charge in [-0.15, -0.1) is 0 Å². The van der Waals surface area contributed by atoms with E-state index < -0.39 is 5.82 Å². The Labute approximate surface area is 138 Å².